The molecule has 1 atom stereocenters. The first-order valence-corrected chi connectivity index (χ1v) is 7.93. The molecule has 0 amide bonds. The molecule has 3 rings (SSSR count). The Labute approximate surface area is 128 Å². The number of benzene rings is 2. The normalized spacial score (nSPS) is 18.3. The third kappa shape index (κ3) is 3.36. The number of nitrogens with one attached hydrogen (secondary N) is 1. The van der Waals surface area contributed by atoms with Crippen molar-refractivity contribution in [2.45, 2.75) is 39.7 Å². The summed E-state index contributed by atoms with van der Waals surface area (Å²) < 4.78 is 0. The van der Waals surface area contributed by atoms with Gasteiger partial charge in [-0.05, 0) is 40.5 Å². The molecule has 1 aliphatic rings. The maximum absolute atomic E-state index is 3.68. The van der Waals surface area contributed by atoms with Crippen LogP contribution < -0.4 is 5.32 Å². The molecule has 2 aromatic carbocycles. The summed E-state index contributed by atoms with van der Waals surface area (Å²) in [6.07, 6.45) is 2.26. The molecular weight excluding hydrogens is 254 g/mol. The van der Waals surface area contributed by atoms with Gasteiger partial charge in [-0.1, -0.05) is 69.3 Å². The Kier molecular flexibility index (Phi) is 3.86. The van der Waals surface area contributed by atoms with Crippen LogP contribution in [-0.2, 0) is 12.8 Å². The minimum Gasteiger partial charge on any atom is -0.306 e. The van der Waals surface area contributed by atoms with Gasteiger partial charge in [0.15, 0.2) is 0 Å². The molecule has 1 heterocycles. The summed E-state index contributed by atoms with van der Waals surface area (Å²) in [6.45, 7) is 7.98. The zero-order valence-electron chi connectivity index (χ0n) is 13.3. The number of fused-ring (bicyclic) bond motifs is 1. The van der Waals surface area contributed by atoms with Gasteiger partial charge in [-0.3, -0.25) is 0 Å². The summed E-state index contributed by atoms with van der Waals surface area (Å²) in [5.74, 6) is 0. The SMILES string of the molecule is CC(C)(C)Cc1ccc2c(c1)C(c1ccccc1)NCC2. The summed E-state index contributed by atoms with van der Waals surface area (Å²) in [6, 6.07) is 18.2. The zero-order valence-corrected chi connectivity index (χ0v) is 13.3. The molecule has 1 nitrogen and oxygen atoms in total. The topological polar surface area (TPSA) is 12.0 Å². The standard InChI is InChI=1S/C20H25N/c1-20(2,3)14-15-9-10-16-11-12-21-19(18(16)13-15)17-7-5-4-6-8-17/h4-10,13,19,21H,11-12,14H2,1-3H3. The van der Waals surface area contributed by atoms with Crippen molar-refractivity contribution in [3.8, 4) is 0 Å². The number of hydrogen-bond acceptors (Lipinski definition) is 1. The smallest absolute Gasteiger partial charge is 0.0579 e. The summed E-state index contributed by atoms with van der Waals surface area (Å²) in [4.78, 5) is 0. The average molecular weight is 279 g/mol. The van der Waals surface area contributed by atoms with Gasteiger partial charge in [0, 0.05) is 6.54 Å². The fraction of sp³-hybridized carbons (Fsp3) is 0.400. The minimum atomic E-state index is 0.332. The third-order valence-corrected chi connectivity index (χ3v) is 4.13. The highest BCUT2D eigenvalue weighted by atomic mass is 14.9. The van der Waals surface area contributed by atoms with Crippen LogP contribution in [0.3, 0.4) is 0 Å². The van der Waals surface area contributed by atoms with Crippen LogP contribution >= 0.6 is 0 Å². The van der Waals surface area contributed by atoms with E-state index in [1.807, 2.05) is 0 Å². The van der Waals surface area contributed by atoms with Gasteiger partial charge >= 0.3 is 0 Å². The van der Waals surface area contributed by atoms with Crippen LogP contribution in [-0.4, -0.2) is 6.54 Å². The van der Waals surface area contributed by atoms with E-state index < -0.39 is 0 Å². The second-order valence-corrected chi connectivity index (χ2v) is 7.32. The largest absolute Gasteiger partial charge is 0.306 e. The van der Waals surface area contributed by atoms with Crippen LogP contribution in [0.1, 0.15) is 49.1 Å². The van der Waals surface area contributed by atoms with Gasteiger partial charge in [0.2, 0.25) is 0 Å². The van der Waals surface area contributed by atoms with E-state index in [0.717, 1.165) is 19.4 Å². The van der Waals surface area contributed by atoms with Gasteiger partial charge in [0.05, 0.1) is 6.04 Å². The van der Waals surface area contributed by atoms with Crippen molar-refractivity contribution in [1.82, 2.24) is 5.32 Å². The zero-order chi connectivity index (χ0) is 14.9. The number of hydrogen-bond donors (Lipinski definition) is 1. The molecule has 21 heavy (non-hydrogen) atoms. The van der Waals surface area contributed by atoms with Crippen molar-refractivity contribution >= 4 is 0 Å². The molecule has 1 unspecified atom stereocenters. The quantitative estimate of drug-likeness (QED) is 0.853. The van der Waals surface area contributed by atoms with Gasteiger partial charge in [0.1, 0.15) is 0 Å². The lowest BCUT2D eigenvalue weighted by molar-refractivity contribution is 0.410. The van der Waals surface area contributed by atoms with E-state index >= 15 is 0 Å². The fourth-order valence-electron chi connectivity index (χ4n) is 3.27. The first-order chi connectivity index (χ1) is 10.0. The monoisotopic (exact) mass is 279 g/mol. The van der Waals surface area contributed by atoms with E-state index in [4.69, 9.17) is 0 Å². The maximum atomic E-state index is 3.68. The Balaban J connectivity index is 1.97. The van der Waals surface area contributed by atoms with Crippen LogP contribution in [0.2, 0.25) is 0 Å². The molecule has 0 bridgehead atoms. The molecule has 0 saturated heterocycles. The lowest BCUT2D eigenvalue weighted by Gasteiger charge is -2.29. The Hall–Kier alpha value is -1.60. The molecule has 0 aliphatic carbocycles. The second-order valence-electron chi connectivity index (χ2n) is 7.32. The van der Waals surface area contributed by atoms with Crippen LogP contribution in [0, 0.1) is 5.41 Å². The molecule has 0 saturated carbocycles. The highest BCUT2D eigenvalue weighted by Gasteiger charge is 2.22. The molecule has 0 radical (unpaired) electrons. The van der Waals surface area contributed by atoms with Gasteiger partial charge < -0.3 is 5.32 Å². The maximum Gasteiger partial charge on any atom is 0.0579 e. The predicted molar refractivity (Wildman–Crippen MR) is 89.6 cm³/mol. The van der Waals surface area contributed by atoms with Crippen molar-refractivity contribution in [3.63, 3.8) is 0 Å². The molecular formula is C20H25N. The van der Waals surface area contributed by atoms with Crippen molar-refractivity contribution in [1.29, 1.82) is 0 Å². The van der Waals surface area contributed by atoms with E-state index in [1.54, 1.807) is 0 Å². The van der Waals surface area contributed by atoms with Crippen molar-refractivity contribution < 1.29 is 0 Å². The van der Waals surface area contributed by atoms with Gasteiger partial charge in [-0.15, -0.1) is 0 Å². The first kappa shape index (κ1) is 14.3. The second kappa shape index (κ2) is 5.65. The molecule has 0 aromatic heterocycles. The first-order valence-electron chi connectivity index (χ1n) is 7.93. The lowest BCUT2D eigenvalue weighted by atomic mass is 9.84. The third-order valence-electron chi connectivity index (χ3n) is 4.13. The predicted octanol–water partition coefficient (Wildman–Crippen LogP) is 4.51. The molecule has 1 heteroatoms. The molecule has 1 N–H and O–H groups in total. The highest BCUT2D eigenvalue weighted by Crippen LogP contribution is 2.31. The van der Waals surface area contributed by atoms with E-state index in [2.05, 4.69) is 74.6 Å². The van der Waals surface area contributed by atoms with Crippen LogP contribution in [0.25, 0.3) is 0 Å². The van der Waals surface area contributed by atoms with E-state index in [9.17, 15) is 0 Å². The highest BCUT2D eigenvalue weighted by molar-refractivity contribution is 5.42. The summed E-state index contributed by atoms with van der Waals surface area (Å²) in [5, 5.41) is 3.68. The molecule has 1 aliphatic heterocycles. The summed E-state index contributed by atoms with van der Waals surface area (Å²) in [5.41, 5.74) is 6.12. The van der Waals surface area contributed by atoms with Crippen molar-refractivity contribution in [2.24, 2.45) is 5.41 Å². The van der Waals surface area contributed by atoms with Crippen molar-refractivity contribution in [3.05, 3.63) is 70.8 Å². The Bertz CT molecular complexity index is 607. The summed E-state index contributed by atoms with van der Waals surface area (Å²) in [7, 11) is 0. The van der Waals surface area contributed by atoms with Crippen molar-refractivity contribution in [2.75, 3.05) is 6.54 Å². The molecule has 2 aromatic rings. The van der Waals surface area contributed by atoms with E-state index in [-0.39, 0.29) is 0 Å². The van der Waals surface area contributed by atoms with E-state index in [0.29, 0.717) is 11.5 Å². The van der Waals surface area contributed by atoms with Crippen LogP contribution in [0.15, 0.2) is 48.5 Å². The van der Waals surface area contributed by atoms with E-state index in [1.165, 1.54) is 22.3 Å². The molecule has 110 valence electrons. The molecule has 0 fully saturated rings. The van der Waals surface area contributed by atoms with Crippen LogP contribution in [0.5, 0.6) is 0 Å². The van der Waals surface area contributed by atoms with Crippen LogP contribution in [0.4, 0.5) is 0 Å². The Morgan fingerprint density at radius 3 is 2.52 bits per heavy atom. The Morgan fingerprint density at radius 1 is 1.05 bits per heavy atom. The van der Waals surface area contributed by atoms with Gasteiger partial charge in [-0.2, -0.15) is 0 Å². The average Bonchev–Trinajstić information content (AvgIpc) is 2.46. The lowest BCUT2D eigenvalue weighted by Crippen LogP contribution is -2.30. The van der Waals surface area contributed by atoms with Gasteiger partial charge in [-0.25, -0.2) is 0 Å². The summed E-state index contributed by atoms with van der Waals surface area (Å²) >= 11 is 0. The minimum absolute atomic E-state index is 0.332. The Morgan fingerprint density at radius 2 is 1.81 bits per heavy atom. The fourth-order valence-corrected chi connectivity index (χ4v) is 3.27. The van der Waals surface area contributed by atoms with Gasteiger partial charge in [0.25, 0.3) is 0 Å². The molecule has 0 spiro atoms. The number of rotatable bonds is 2.